The molecule has 0 saturated heterocycles. The van der Waals surface area contributed by atoms with Gasteiger partial charge in [-0.25, -0.2) is 8.42 Å². The minimum atomic E-state index is -4.44. The third-order valence-corrected chi connectivity index (χ3v) is 2.75. The number of benzene rings is 1. The van der Waals surface area contributed by atoms with E-state index >= 15 is 0 Å². The summed E-state index contributed by atoms with van der Waals surface area (Å²) in [5, 5.41) is 0.262. The van der Waals surface area contributed by atoms with Crippen LogP contribution in [0.5, 0.6) is 0 Å². The largest absolute Gasteiger partial charge is 1.00 e. The fourth-order valence-corrected chi connectivity index (χ4v) is 1.49. The van der Waals surface area contributed by atoms with E-state index in [-0.39, 0.29) is 66.3 Å². The summed E-state index contributed by atoms with van der Waals surface area (Å²) in [7, 11) is -4.44. The molecule has 1 rings (SSSR count). The summed E-state index contributed by atoms with van der Waals surface area (Å²) >= 11 is 11.0. The Morgan fingerprint density at radius 3 is 2.08 bits per heavy atom. The monoisotopic (exact) mass is 264 g/mol. The van der Waals surface area contributed by atoms with Crippen molar-refractivity contribution in [2.45, 2.75) is 4.90 Å². The Morgan fingerprint density at radius 2 is 1.69 bits per heavy atom. The summed E-state index contributed by atoms with van der Waals surface area (Å²) in [6, 6.07) is 3.39. The molecule has 0 unspecified atom stereocenters. The molecule has 0 N–H and O–H groups in total. The standard InChI is InChI=1S/C6H4Cl2O3S.K/c7-5-2-1-4(3-6(5)8)12(9,10)11;/h1-3H,(H,9,10,11);/q;+1/p-1. The smallest absolute Gasteiger partial charge is 0.744 e. The van der Waals surface area contributed by atoms with Crippen LogP contribution in [0.1, 0.15) is 0 Å². The second kappa shape index (κ2) is 5.44. The van der Waals surface area contributed by atoms with E-state index in [1.807, 2.05) is 0 Å². The Kier molecular flexibility index (Phi) is 6.00. The Morgan fingerprint density at radius 1 is 1.15 bits per heavy atom. The van der Waals surface area contributed by atoms with E-state index in [2.05, 4.69) is 0 Å². The molecule has 0 aliphatic rings. The summed E-state index contributed by atoms with van der Waals surface area (Å²) < 4.78 is 31.3. The molecule has 0 atom stereocenters. The topological polar surface area (TPSA) is 57.2 Å². The minimum Gasteiger partial charge on any atom is -0.744 e. The van der Waals surface area contributed by atoms with Crippen LogP contribution in [-0.2, 0) is 10.1 Å². The maximum absolute atomic E-state index is 10.4. The van der Waals surface area contributed by atoms with Crippen LogP contribution in [0, 0.1) is 0 Å². The molecule has 3 nitrogen and oxygen atoms in total. The van der Waals surface area contributed by atoms with Gasteiger partial charge in [0.15, 0.2) is 0 Å². The first-order valence-corrected chi connectivity index (χ1v) is 4.98. The van der Waals surface area contributed by atoms with E-state index in [9.17, 15) is 13.0 Å². The zero-order valence-electron chi connectivity index (χ0n) is 6.62. The van der Waals surface area contributed by atoms with Crippen molar-refractivity contribution in [1.29, 1.82) is 0 Å². The van der Waals surface area contributed by atoms with E-state index in [1.165, 1.54) is 6.07 Å². The van der Waals surface area contributed by atoms with Crippen molar-refractivity contribution >= 4 is 33.3 Å². The van der Waals surface area contributed by atoms with Crippen LogP contribution in [0.15, 0.2) is 23.1 Å². The Bertz CT molecular complexity index is 404. The zero-order chi connectivity index (χ0) is 9.35. The first kappa shape index (κ1) is 14.3. The average Bonchev–Trinajstić information content (AvgIpc) is 1.92. The molecule has 0 amide bonds. The van der Waals surface area contributed by atoms with Gasteiger partial charge in [0.1, 0.15) is 10.1 Å². The van der Waals surface area contributed by atoms with Crippen LogP contribution in [0.2, 0.25) is 10.0 Å². The van der Waals surface area contributed by atoms with Gasteiger partial charge in [0.25, 0.3) is 0 Å². The maximum Gasteiger partial charge on any atom is 1.00 e. The van der Waals surface area contributed by atoms with Gasteiger partial charge in [-0.3, -0.25) is 0 Å². The van der Waals surface area contributed by atoms with E-state index in [0.29, 0.717) is 0 Å². The van der Waals surface area contributed by atoms with Crippen LogP contribution in [0.3, 0.4) is 0 Å². The molecule has 0 aliphatic heterocycles. The van der Waals surface area contributed by atoms with Gasteiger partial charge in [-0.15, -0.1) is 0 Å². The molecule has 1 aromatic rings. The Labute approximate surface area is 129 Å². The summed E-state index contributed by atoms with van der Waals surface area (Å²) in [6.45, 7) is 0. The summed E-state index contributed by atoms with van der Waals surface area (Å²) in [6.07, 6.45) is 0. The number of rotatable bonds is 1. The Balaban J connectivity index is 0.00000144. The molecule has 0 fully saturated rings. The third kappa shape index (κ3) is 4.15. The van der Waals surface area contributed by atoms with Gasteiger partial charge in [0.05, 0.1) is 14.9 Å². The van der Waals surface area contributed by atoms with Gasteiger partial charge in [-0.05, 0) is 18.2 Å². The van der Waals surface area contributed by atoms with Crippen molar-refractivity contribution in [3.8, 4) is 0 Å². The SMILES string of the molecule is O=S(=O)([O-])c1ccc(Cl)c(Cl)c1.[K+]. The molecular weight excluding hydrogens is 262 g/mol. The van der Waals surface area contributed by atoms with E-state index in [0.717, 1.165) is 12.1 Å². The molecule has 0 heterocycles. The molecule has 66 valence electrons. The molecular formula is C6H3Cl2KO3S. The van der Waals surface area contributed by atoms with Gasteiger partial charge in [0, 0.05) is 0 Å². The molecule has 0 aromatic heterocycles. The average molecular weight is 265 g/mol. The first-order valence-electron chi connectivity index (χ1n) is 2.82. The Hall–Kier alpha value is 1.35. The van der Waals surface area contributed by atoms with Crippen molar-refractivity contribution in [3.05, 3.63) is 28.2 Å². The minimum absolute atomic E-state index is 0. The second-order valence-corrected chi connectivity index (χ2v) is 4.22. The van der Waals surface area contributed by atoms with Crippen LogP contribution in [-0.4, -0.2) is 13.0 Å². The fourth-order valence-electron chi connectivity index (χ4n) is 0.632. The predicted octanol–water partition coefficient (Wildman–Crippen LogP) is -1.10. The van der Waals surface area contributed by atoms with E-state index in [1.54, 1.807) is 0 Å². The number of hydrogen-bond donors (Lipinski definition) is 0. The molecule has 1 aromatic carbocycles. The molecule has 0 spiro atoms. The van der Waals surface area contributed by atoms with Gasteiger partial charge in [0.2, 0.25) is 0 Å². The van der Waals surface area contributed by atoms with Gasteiger partial charge < -0.3 is 4.55 Å². The van der Waals surface area contributed by atoms with Crippen molar-refractivity contribution in [3.63, 3.8) is 0 Å². The van der Waals surface area contributed by atoms with Crippen molar-refractivity contribution in [1.82, 2.24) is 0 Å². The van der Waals surface area contributed by atoms with Crippen LogP contribution in [0.25, 0.3) is 0 Å². The van der Waals surface area contributed by atoms with Crippen molar-refractivity contribution < 1.29 is 64.4 Å². The molecule has 0 aliphatic carbocycles. The number of halogens is 2. The van der Waals surface area contributed by atoms with E-state index < -0.39 is 10.1 Å². The third-order valence-electron chi connectivity index (χ3n) is 1.18. The predicted molar refractivity (Wildman–Crippen MR) is 44.4 cm³/mol. The summed E-state index contributed by atoms with van der Waals surface area (Å²) in [5.41, 5.74) is 0. The quantitative estimate of drug-likeness (QED) is 0.478. The fraction of sp³-hybridized carbons (Fsp3) is 0. The normalized spacial score (nSPS) is 10.7. The van der Waals surface area contributed by atoms with Gasteiger partial charge >= 0.3 is 51.4 Å². The number of hydrogen-bond acceptors (Lipinski definition) is 3. The molecule has 0 saturated carbocycles. The van der Waals surface area contributed by atoms with Crippen LogP contribution < -0.4 is 51.4 Å². The van der Waals surface area contributed by atoms with Crippen molar-refractivity contribution in [2.75, 3.05) is 0 Å². The summed E-state index contributed by atoms with van der Waals surface area (Å²) in [4.78, 5) is -0.378. The summed E-state index contributed by atoms with van der Waals surface area (Å²) in [5.74, 6) is 0. The van der Waals surface area contributed by atoms with Crippen molar-refractivity contribution in [2.24, 2.45) is 0 Å². The molecule has 7 heteroatoms. The molecule has 13 heavy (non-hydrogen) atoms. The molecule has 0 radical (unpaired) electrons. The van der Waals surface area contributed by atoms with Crippen LogP contribution >= 0.6 is 23.2 Å². The second-order valence-electron chi connectivity index (χ2n) is 2.03. The molecule has 0 bridgehead atoms. The van der Waals surface area contributed by atoms with E-state index in [4.69, 9.17) is 23.2 Å². The van der Waals surface area contributed by atoms with Gasteiger partial charge in [-0.2, -0.15) is 0 Å². The zero-order valence-corrected chi connectivity index (χ0v) is 12.1. The van der Waals surface area contributed by atoms with Crippen LogP contribution in [0.4, 0.5) is 0 Å². The first-order chi connectivity index (χ1) is 5.41. The van der Waals surface area contributed by atoms with Gasteiger partial charge in [-0.1, -0.05) is 23.2 Å². The maximum atomic E-state index is 10.4.